The van der Waals surface area contributed by atoms with Gasteiger partial charge in [-0.05, 0) is 43.2 Å². The average Bonchev–Trinajstić information content (AvgIpc) is 3.64. The molecule has 1 amide bonds. The summed E-state index contributed by atoms with van der Waals surface area (Å²) in [5.41, 5.74) is 3.03. The van der Waals surface area contributed by atoms with Crippen molar-refractivity contribution in [3.05, 3.63) is 72.8 Å². The van der Waals surface area contributed by atoms with Gasteiger partial charge in [-0.1, -0.05) is 42.5 Å². The van der Waals surface area contributed by atoms with Crippen molar-refractivity contribution in [2.24, 2.45) is 5.92 Å². The van der Waals surface area contributed by atoms with Crippen LogP contribution in [0.3, 0.4) is 0 Å². The number of hydrogen-bond acceptors (Lipinski definition) is 6. The van der Waals surface area contributed by atoms with Crippen LogP contribution in [0, 0.1) is 5.92 Å². The van der Waals surface area contributed by atoms with Crippen LogP contribution in [0.15, 0.2) is 72.8 Å². The summed E-state index contributed by atoms with van der Waals surface area (Å²) < 4.78 is 7.28. The van der Waals surface area contributed by atoms with E-state index < -0.39 is 0 Å². The van der Waals surface area contributed by atoms with Gasteiger partial charge >= 0.3 is 0 Å². The van der Waals surface area contributed by atoms with Gasteiger partial charge in [0.05, 0.1) is 12.7 Å². The highest BCUT2D eigenvalue weighted by Crippen LogP contribution is 2.33. The van der Waals surface area contributed by atoms with Gasteiger partial charge in [0.2, 0.25) is 5.91 Å². The lowest BCUT2D eigenvalue weighted by Crippen LogP contribution is -2.13. The fraction of sp³-hybridized carbons (Fsp3) is 0.154. The molecule has 0 bridgehead atoms. The largest absolute Gasteiger partial charge is 0.496 e. The summed E-state index contributed by atoms with van der Waals surface area (Å²) in [6.07, 6.45) is 1.93. The third-order valence-electron chi connectivity index (χ3n) is 5.95. The van der Waals surface area contributed by atoms with Crippen LogP contribution in [0.5, 0.6) is 5.75 Å². The molecule has 6 rings (SSSR count). The number of fused-ring (bicyclic) bond motifs is 3. The molecule has 1 fully saturated rings. The number of amides is 1. The first-order valence-corrected chi connectivity index (χ1v) is 11.2. The Morgan fingerprint density at radius 3 is 2.53 bits per heavy atom. The molecule has 2 heterocycles. The smallest absolute Gasteiger partial charge is 0.227 e. The number of ether oxygens (including phenoxy) is 1. The summed E-state index contributed by atoms with van der Waals surface area (Å²) in [5, 5.41) is 22.0. The Labute approximate surface area is 195 Å². The molecular weight excluding hydrogens is 428 g/mol. The van der Waals surface area contributed by atoms with Gasteiger partial charge in [0, 0.05) is 28.1 Å². The first-order valence-electron chi connectivity index (χ1n) is 11.2. The molecule has 3 aromatic carbocycles. The molecule has 0 unspecified atom stereocenters. The molecule has 2 N–H and O–H groups in total. The molecule has 1 aliphatic rings. The molecule has 0 radical (unpaired) electrons. The maximum Gasteiger partial charge on any atom is 0.227 e. The minimum atomic E-state index is 0.0769. The summed E-state index contributed by atoms with van der Waals surface area (Å²) in [6.45, 7) is 0. The van der Waals surface area contributed by atoms with Gasteiger partial charge in [0.25, 0.3) is 0 Å². The quantitative estimate of drug-likeness (QED) is 0.376. The van der Waals surface area contributed by atoms with Gasteiger partial charge in [-0.2, -0.15) is 4.52 Å². The van der Waals surface area contributed by atoms with Gasteiger partial charge in [-0.15, -0.1) is 15.3 Å². The Bertz CT molecular complexity index is 1540. The minimum absolute atomic E-state index is 0.0769. The number of carbonyl (C=O) groups is 1. The van der Waals surface area contributed by atoms with E-state index in [0.717, 1.165) is 40.6 Å². The molecule has 1 aliphatic carbocycles. The van der Waals surface area contributed by atoms with E-state index in [1.807, 2.05) is 72.8 Å². The third-order valence-corrected chi connectivity index (χ3v) is 5.95. The number of hydrogen-bond donors (Lipinski definition) is 2. The topological polar surface area (TPSA) is 93.4 Å². The van der Waals surface area contributed by atoms with Crippen LogP contribution < -0.4 is 15.4 Å². The van der Waals surface area contributed by atoms with Crippen LogP contribution in [0.4, 0.5) is 17.2 Å². The fourth-order valence-corrected chi connectivity index (χ4v) is 4.07. The monoisotopic (exact) mass is 450 g/mol. The Kier molecular flexibility index (Phi) is 4.83. The highest BCUT2D eigenvalue weighted by atomic mass is 16.5. The van der Waals surface area contributed by atoms with Gasteiger partial charge in [-0.3, -0.25) is 4.79 Å². The lowest BCUT2D eigenvalue weighted by molar-refractivity contribution is -0.117. The normalized spacial score (nSPS) is 13.2. The predicted octanol–water partition coefficient (Wildman–Crippen LogP) is 5.05. The third kappa shape index (κ3) is 3.59. The highest BCUT2D eigenvalue weighted by Gasteiger charge is 2.29. The van der Waals surface area contributed by atoms with Crippen molar-refractivity contribution in [2.45, 2.75) is 12.8 Å². The highest BCUT2D eigenvalue weighted by molar-refractivity contribution is 6.01. The van der Waals surface area contributed by atoms with Crippen molar-refractivity contribution >= 4 is 39.5 Å². The van der Waals surface area contributed by atoms with E-state index in [9.17, 15) is 4.79 Å². The van der Waals surface area contributed by atoms with Crippen LogP contribution in [-0.4, -0.2) is 32.8 Å². The zero-order valence-electron chi connectivity index (χ0n) is 18.5. The lowest BCUT2D eigenvalue weighted by atomic mass is 10.1. The van der Waals surface area contributed by atoms with Gasteiger partial charge in [0.1, 0.15) is 5.75 Å². The zero-order valence-corrected chi connectivity index (χ0v) is 18.5. The van der Waals surface area contributed by atoms with E-state index in [-0.39, 0.29) is 11.8 Å². The van der Waals surface area contributed by atoms with Crippen molar-refractivity contribution in [3.8, 4) is 17.1 Å². The van der Waals surface area contributed by atoms with Gasteiger partial charge < -0.3 is 15.4 Å². The molecule has 34 heavy (non-hydrogen) atoms. The SMILES string of the molecule is COc1ccccc1-c1nnc2c3ccccc3c(Nc3cccc(NC(=O)C4CC4)c3)nn12. The molecule has 8 heteroatoms. The lowest BCUT2D eigenvalue weighted by Gasteiger charge is -2.12. The number of para-hydroxylation sites is 1. The van der Waals surface area contributed by atoms with Gasteiger partial charge in [-0.25, -0.2) is 0 Å². The molecule has 2 aromatic heterocycles. The second kappa shape index (κ2) is 8.15. The molecule has 0 aliphatic heterocycles. The number of nitrogens with one attached hydrogen (secondary N) is 2. The minimum Gasteiger partial charge on any atom is -0.496 e. The van der Waals surface area contributed by atoms with Crippen LogP contribution in [-0.2, 0) is 4.79 Å². The summed E-state index contributed by atoms with van der Waals surface area (Å²) in [5.74, 6) is 2.16. The first-order chi connectivity index (χ1) is 16.7. The standard InChI is InChI=1S/C26H22N6O2/c1-34-22-12-5-4-11-21(22)25-30-29-24-20-10-3-2-9-19(20)23(31-32(24)25)27-17-7-6-8-18(15-17)28-26(33)16-13-14-16/h2-12,15-16H,13-14H2,1H3,(H,27,31)(H,28,33). The van der Waals surface area contributed by atoms with E-state index in [4.69, 9.17) is 9.84 Å². The van der Waals surface area contributed by atoms with Crippen LogP contribution in [0.25, 0.3) is 27.8 Å². The van der Waals surface area contributed by atoms with Crippen LogP contribution in [0.2, 0.25) is 0 Å². The summed E-state index contributed by atoms with van der Waals surface area (Å²) in [4.78, 5) is 12.2. The van der Waals surface area contributed by atoms with E-state index in [1.165, 1.54) is 0 Å². The molecule has 0 atom stereocenters. The maximum absolute atomic E-state index is 12.2. The number of nitrogens with zero attached hydrogens (tertiary/aromatic N) is 4. The summed E-state index contributed by atoms with van der Waals surface area (Å²) in [7, 11) is 1.63. The summed E-state index contributed by atoms with van der Waals surface area (Å²) >= 11 is 0. The second-order valence-electron chi connectivity index (χ2n) is 8.32. The van der Waals surface area contributed by atoms with Crippen LogP contribution >= 0.6 is 0 Å². The van der Waals surface area contributed by atoms with E-state index in [1.54, 1.807) is 11.6 Å². The fourth-order valence-electron chi connectivity index (χ4n) is 4.07. The molecule has 5 aromatic rings. The number of carbonyl (C=O) groups excluding carboxylic acids is 1. The van der Waals surface area contributed by atoms with Crippen molar-refractivity contribution < 1.29 is 9.53 Å². The van der Waals surface area contributed by atoms with E-state index in [0.29, 0.717) is 23.0 Å². The number of aromatic nitrogens is 4. The number of benzene rings is 3. The molecule has 0 spiro atoms. The van der Waals surface area contributed by atoms with Crippen molar-refractivity contribution in [2.75, 3.05) is 17.7 Å². The number of rotatable bonds is 6. The molecular formula is C26H22N6O2. The maximum atomic E-state index is 12.2. The van der Waals surface area contributed by atoms with E-state index >= 15 is 0 Å². The zero-order chi connectivity index (χ0) is 23.1. The molecule has 8 nitrogen and oxygen atoms in total. The van der Waals surface area contributed by atoms with Crippen molar-refractivity contribution in [1.82, 2.24) is 19.8 Å². The average molecular weight is 451 g/mol. The number of methoxy groups -OCH3 is 1. The Morgan fingerprint density at radius 2 is 1.71 bits per heavy atom. The Hall–Kier alpha value is -4.46. The first kappa shape index (κ1) is 20.2. The van der Waals surface area contributed by atoms with E-state index in [2.05, 4.69) is 20.8 Å². The molecule has 0 saturated heterocycles. The van der Waals surface area contributed by atoms with Gasteiger partial charge in [0.15, 0.2) is 17.3 Å². The van der Waals surface area contributed by atoms with Crippen molar-refractivity contribution in [3.63, 3.8) is 0 Å². The Balaban J connectivity index is 1.45. The predicted molar refractivity (Wildman–Crippen MR) is 131 cm³/mol. The van der Waals surface area contributed by atoms with Crippen molar-refractivity contribution in [1.29, 1.82) is 0 Å². The summed E-state index contributed by atoms with van der Waals surface area (Å²) in [6, 6.07) is 23.3. The number of anilines is 3. The van der Waals surface area contributed by atoms with Crippen LogP contribution in [0.1, 0.15) is 12.8 Å². The second-order valence-corrected chi connectivity index (χ2v) is 8.32. The molecule has 168 valence electrons. The Morgan fingerprint density at radius 1 is 0.941 bits per heavy atom. The molecule has 1 saturated carbocycles.